The van der Waals surface area contributed by atoms with E-state index in [1.165, 1.54) is 13.2 Å². The summed E-state index contributed by atoms with van der Waals surface area (Å²) in [6.07, 6.45) is 2.86. The van der Waals surface area contributed by atoms with Crippen LogP contribution in [-0.2, 0) is 14.3 Å². The Hall–Kier alpha value is -3.28. The smallest absolute Gasteiger partial charge is 0.331 e. The number of methoxy groups -OCH3 is 2. The number of rotatable bonds is 7. The molecule has 0 bridgehead atoms. The number of nitrogens with one attached hydrogen (secondary N) is 1. The van der Waals surface area contributed by atoms with Crippen molar-refractivity contribution in [3.8, 4) is 11.5 Å². The molecule has 0 aliphatic rings. The number of carbonyl (C=O) groups excluding carboxylic acids is 2. The highest BCUT2D eigenvalue weighted by atomic mass is 16.5. The molecule has 0 saturated heterocycles. The number of hydrogen-bond donors (Lipinski definition) is 1. The third-order valence-electron chi connectivity index (χ3n) is 3.23. The van der Waals surface area contributed by atoms with Crippen molar-refractivity contribution >= 4 is 23.6 Å². The Morgan fingerprint density at radius 2 is 1.72 bits per heavy atom. The molecule has 1 amide bonds. The van der Waals surface area contributed by atoms with Gasteiger partial charge < -0.3 is 19.5 Å². The maximum atomic E-state index is 11.8. The number of anilines is 1. The van der Waals surface area contributed by atoms with Gasteiger partial charge in [-0.3, -0.25) is 4.79 Å². The van der Waals surface area contributed by atoms with Crippen molar-refractivity contribution < 1.29 is 23.8 Å². The lowest BCUT2D eigenvalue weighted by molar-refractivity contribution is -0.142. The zero-order valence-electron chi connectivity index (χ0n) is 14.0. The van der Waals surface area contributed by atoms with E-state index >= 15 is 0 Å². The van der Waals surface area contributed by atoms with Gasteiger partial charge in [0.15, 0.2) is 6.61 Å². The van der Waals surface area contributed by atoms with E-state index in [1.807, 2.05) is 0 Å². The van der Waals surface area contributed by atoms with Crippen LogP contribution in [0.5, 0.6) is 11.5 Å². The Labute approximate surface area is 146 Å². The van der Waals surface area contributed by atoms with Crippen LogP contribution in [0, 0.1) is 0 Å². The molecule has 0 spiro atoms. The summed E-state index contributed by atoms with van der Waals surface area (Å²) in [4.78, 5) is 23.5. The summed E-state index contributed by atoms with van der Waals surface area (Å²) in [7, 11) is 3.12. The highest BCUT2D eigenvalue weighted by Crippen LogP contribution is 2.16. The monoisotopic (exact) mass is 341 g/mol. The molecular formula is C19H19NO5. The Kier molecular flexibility index (Phi) is 6.59. The normalized spacial score (nSPS) is 10.3. The number of ether oxygens (including phenoxy) is 3. The molecule has 130 valence electrons. The topological polar surface area (TPSA) is 73.9 Å². The van der Waals surface area contributed by atoms with E-state index in [4.69, 9.17) is 14.2 Å². The van der Waals surface area contributed by atoms with Crippen molar-refractivity contribution in [3.05, 3.63) is 60.2 Å². The molecule has 2 aromatic carbocycles. The van der Waals surface area contributed by atoms with Crippen LogP contribution in [0.4, 0.5) is 5.69 Å². The van der Waals surface area contributed by atoms with Crippen LogP contribution in [-0.4, -0.2) is 32.7 Å². The lowest BCUT2D eigenvalue weighted by atomic mass is 10.2. The zero-order chi connectivity index (χ0) is 18.1. The number of hydrogen-bond acceptors (Lipinski definition) is 5. The fraction of sp³-hybridized carbons (Fsp3) is 0.158. The summed E-state index contributed by atoms with van der Waals surface area (Å²) in [5, 5.41) is 2.62. The molecule has 0 saturated carbocycles. The first-order valence-electron chi connectivity index (χ1n) is 7.53. The van der Waals surface area contributed by atoms with E-state index in [-0.39, 0.29) is 6.61 Å². The fourth-order valence-electron chi connectivity index (χ4n) is 1.96. The number of esters is 1. The van der Waals surface area contributed by atoms with Gasteiger partial charge in [0, 0.05) is 17.8 Å². The molecule has 0 fully saturated rings. The molecule has 1 N–H and O–H groups in total. The number of benzene rings is 2. The van der Waals surface area contributed by atoms with Gasteiger partial charge in [0.2, 0.25) is 0 Å². The molecule has 0 aliphatic heterocycles. The summed E-state index contributed by atoms with van der Waals surface area (Å²) in [5.74, 6) is 0.322. The molecule has 25 heavy (non-hydrogen) atoms. The van der Waals surface area contributed by atoms with E-state index in [0.29, 0.717) is 11.4 Å². The van der Waals surface area contributed by atoms with Crippen LogP contribution in [0.2, 0.25) is 0 Å². The quantitative estimate of drug-likeness (QED) is 0.619. The number of carbonyl (C=O) groups is 2. The summed E-state index contributed by atoms with van der Waals surface area (Å²) < 4.78 is 15.0. The van der Waals surface area contributed by atoms with Crippen LogP contribution in [0.1, 0.15) is 5.56 Å². The standard InChI is InChI=1S/C19H19NO5/c1-23-16-9-6-14(7-10-16)8-11-19(22)25-13-18(21)20-15-4-3-5-17(12-15)24-2/h3-12H,13H2,1-2H3,(H,20,21). The highest BCUT2D eigenvalue weighted by Gasteiger charge is 2.06. The van der Waals surface area contributed by atoms with Crippen molar-refractivity contribution in [1.29, 1.82) is 0 Å². The largest absolute Gasteiger partial charge is 0.497 e. The van der Waals surface area contributed by atoms with Crippen molar-refractivity contribution in [3.63, 3.8) is 0 Å². The molecule has 2 rings (SSSR count). The van der Waals surface area contributed by atoms with Gasteiger partial charge in [-0.15, -0.1) is 0 Å². The molecule has 0 unspecified atom stereocenters. The highest BCUT2D eigenvalue weighted by molar-refractivity contribution is 5.94. The van der Waals surface area contributed by atoms with E-state index in [1.54, 1.807) is 61.7 Å². The van der Waals surface area contributed by atoms with Crippen LogP contribution in [0.15, 0.2) is 54.6 Å². The second-order valence-electron chi connectivity index (χ2n) is 4.99. The molecule has 0 heterocycles. The summed E-state index contributed by atoms with van der Waals surface area (Å²) in [6, 6.07) is 14.1. The molecule has 0 aliphatic carbocycles. The van der Waals surface area contributed by atoms with Crippen LogP contribution in [0.25, 0.3) is 6.08 Å². The molecule has 0 aromatic heterocycles. The lowest BCUT2D eigenvalue weighted by Gasteiger charge is -2.07. The van der Waals surface area contributed by atoms with Crippen molar-refractivity contribution in [2.45, 2.75) is 0 Å². The van der Waals surface area contributed by atoms with Crippen molar-refractivity contribution in [2.24, 2.45) is 0 Å². The third kappa shape index (κ3) is 6.02. The maximum absolute atomic E-state index is 11.8. The van der Waals surface area contributed by atoms with E-state index in [9.17, 15) is 9.59 Å². The van der Waals surface area contributed by atoms with Gasteiger partial charge in [0.05, 0.1) is 14.2 Å². The minimum absolute atomic E-state index is 0.372. The second kappa shape index (κ2) is 9.12. The molecule has 2 aromatic rings. The van der Waals surface area contributed by atoms with Gasteiger partial charge in [0.1, 0.15) is 11.5 Å². The Bertz CT molecular complexity index is 753. The molecule has 0 atom stereocenters. The van der Waals surface area contributed by atoms with Gasteiger partial charge in [0.25, 0.3) is 5.91 Å². The lowest BCUT2D eigenvalue weighted by Crippen LogP contribution is -2.20. The summed E-state index contributed by atoms with van der Waals surface area (Å²) in [5.41, 5.74) is 1.38. The van der Waals surface area contributed by atoms with Gasteiger partial charge in [-0.1, -0.05) is 18.2 Å². The Balaban J connectivity index is 1.80. The molecule has 0 radical (unpaired) electrons. The SMILES string of the molecule is COc1ccc(C=CC(=O)OCC(=O)Nc2cccc(OC)c2)cc1. The molecule has 6 nitrogen and oxygen atoms in total. The minimum Gasteiger partial charge on any atom is -0.497 e. The molecule has 6 heteroatoms. The van der Waals surface area contributed by atoms with Crippen LogP contribution in [0.3, 0.4) is 0 Å². The first-order valence-corrected chi connectivity index (χ1v) is 7.53. The maximum Gasteiger partial charge on any atom is 0.331 e. The second-order valence-corrected chi connectivity index (χ2v) is 4.99. The Morgan fingerprint density at radius 3 is 2.40 bits per heavy atom. The van der Waals surface area contributed by atoms with Crippen LogP contribution < -0.4 is 14.8 Å². The average molecular weight is 341 g/mol. The van der Waals surface area contributed by atoms with Crippen molar-refractivity contribution in [2.75, 3.05) is 26.1 Å². The van der Waals surface area contributed by atoms with Crippen molar-refractivity contribution in [1.82, 2.24) is 0 Å². The summed E-state index contributed by atoms with van der Waals surface area (Å²) >= 11 is 0. The van der Waals surface area contributed by atoms with Gasteiger partial charge >= 0.3 is 5.97 Å². The van der Waals surface area contributed by atoms with E-state index in [2.05, 4.69) is 5.32 Å². The van der Waals surface area contributed by atoms with Gasteiger partial charge in [-0.2, -0.15) is 0 Å². The fourth-order valence-corrected chi connectivity index (χ4v) is 1.96. The number of amides is 1. The molecular weight excluding hydrogens is 322 g/mol. The van der Waals surface area contributed by atoms with Gasteiger partial charge in [-0.05, 0) is 35.9 Å². The van der Waals surface area contributed by atoms with Crippen LogP contribution >= 0.6 is 0 Å². The Morgan fingerprint density at radius 1 is 1.00 bits per heavy atom. The predicted octanol–water partition coefficient (Wildman–Crippen LogP) is 2.90. The van der Waals surface area contributed by atoms with Gasteiger partial charge in [-0.25, -0.2) is 4.79 Å². The summed E-state index contributed by atoms with van der Waals surface area (Å²) in [6.45, 7) is -0.372. The first-order chi connectivity index (χ1) is 12.1. The first kappa shape index (κ1) is 18.1. The zero-order valence-corrected chi connectivity index (χ0v) is 14.0. The average Bonchev–Trinajstić information content (AvgIpc) is 2.65. The van der Waals surface area contributed by atoms with E-state index in [0.717, 1.165) is 11.3 Å². The van der Waals surface area contributed by atoms with E-state index < -0.39 is 11.9 Å². The third-order valence-corrected chi connectivity index (χ3v) is 3.23. The minimum atomic E-state index is -0.600. The predicted molar refractivity (Wildman–Crippen MR) is 94.6 cm³/mol.